The van der Waals surface area contributed by atoms with E-state index in [2.05, 4.69) is 25.4 Å². The van der Waals surface area contributed by atoms with Crippen molar-refractivity contribution in [2.45, 2.75) is 38.1 Å². The number of hydrogen-bond acceptors (Lipinski definition) is 6. The average Bonchev–Trinajstić information content (AvgIpc) is 3.16. The topological polar surface area (TPSA) is 93.8 Å². The number of aromatic nitrogens is 4. The van der Waals surface area contributed by atoms with Gasteiger partial charge in [-0.15, -0.1) is 0 Å². The smallest absolute Gasteiger partial charge is 0.271 e. The summed E-state index contributed by atoms with van der Waals surface area (Å²) in [6.45, 7) is 0.228. The summed E-state index contributed by atoms with van der Waals surface area (Å²) >= 11 is 0. The van der Waals surface area contributed by atoms with Gasteiger partial charge in [0.25, 0.3) is 5.91 Å². The van der Waals surface area contributed by atoms with E-state index in [4.69, 9.17) is 4.52 Å². The van der Waals surface area contributed by atoms with Crippen molar-refractivity contribution in [1.82, 2.24) is 25.4 Å². The molecule has 0 bridgehead atoms. The second-order valence-corrected chi connectivity index (χ2v) is 4.80. The molecule has 104 valence electrons. The highest BCUT2D eigenvalue weighted by Gasteiger charge is 2.23. The first-order valence-electron chi connectivity index (χ1n) is 6.69. The number of nitrogens with zero attached hydrogens (tertiary/aromatic N) is 4. The zero-order valence-electron chi connectivity index (χ0n) is 11.0. The van der Waals surface area contributed by atoms with Gasteiger partial charge in [0.05, 0.1) is 12.7 Å². The zero-order chi connectivity index (χ0) is 13.8. The summed E-state index contributed by atoms with van der Waals surface area (Å²) < 4.78 is 5.25. The lowest BCUT2D eigenvalue weighted by atomic mass is 10.1. The molecule has 0 saturated heterocycles. The van der Waals surface area contributed by atoms with Crippen LogP contribution in [0.4, 0.5) is 0 Å². The van der Waals surface area contributed by atoms with E-state index in [0.717, 1.165) is 12.8 Å². The van der Waals surface area contributed by atoms with Gasteiger partial charge in [0.2, 0.25) is 5.89 Å². The zero-order valence-corrected chi connectivity index (χ0v) is 11.0. The Kier molecular flexibility index (Phi) is 3.67. The van der Waals surface area contributed by atoms with E-state index in [1.807, 2.05) is 0 Å². The minimum atomic E-state index is -0.301. The first-order valence-corrected chi connectivity index (χ1v) is 6.69. The third-order valence-electron chi connectivity index (χ3n) is 3.39. The predicted octanol–water partition coefficient (Wildman–Crippen LogP) is 1.45. The van der Waals surface area contributed by atoms with Gasteiger partial charge in [0.15, 0.2) is 5.82 Å². The normalized spacial score (nSPS) is 15.4. The number of rotatable bonds is 4. The molecule has 20 heavy (non-hydrogen) atoms. The fourth-order valence-electron chi connectivity index (χ4n) is 2.34. The maximum absolute atomic E-state index is 11.8. The van der Waals surface area contributed by atoms with Crippen LogP contribution in [0.15, 0.2) is 23.1 Å². The van der Waals surface area contributed by atoms with Gasteiger partial charge in [0.1, 0.15) is 5.69 Å². The Morgan fingerprint density at radius 1 is 1.35 bits per heavy atom. The van der Waals surface area contributed by atoms with Gasteiger partial charge in [-0.3, -0.25) is 9.78 Å². The Bertz CT molecular complexity index is 577. The molecule has 0 aromatic carbocycles. The molecular formula is C13H15N5O2. The first kappa shape index (κ1) is 12.7. The van der Waals surface area contributed by atoms with E-state index in [9.17, 15) is 4.79 Å². The highest BCUT2D eigenvalue weighted by Crippen LogP contribution is 2.32. The van der Waals surface area contributed by atoms with Crippen LogP contribution in [0.25, 0.3) is 0 Å². The van der Waals surface area contributed by atoms with E-state index in [0.29, 0.717) is 17.6 Å². The van der Waals surface area contributed by atoms with Crippen LogP contribution in [0.3, 0.4) is 0 Å². The maximum Gasteiger partial charge on any atom is 0.271 e. The Labute approximate surface area is 115 Å². The first-order chi connectivity index (χ1) is 9.83. The van der Waals surface area contributed by atoms with Gasteiger partial charge < -0.3 is 9.84 Å². The Morgan fingerprint density at radius 2 is 2.20 bits per heavy atom. The molecule has 3 rings (SSSR count). The third kappa shape index (κ3) is 2.81. The summed E-state index contributed by atoms with van der Waals surface area (Å²) in [6, 6.07) is 0. The number of nitrogens with one attached hydrogen (secondary N) is 1. The molecule has 0 atom stereocenters. The summed E-state index contributed by atoms with van der Waals surface area (Å²) in [6.07, 6.45) is 9.04. The summed E-state index contributed by atoms with van der Waals surface area (Å²) in [5, 5.41) is 6.58. The number of carbonyl (C=O) groups is 1. The van der Waals surface area contributed by atoms with Gasteiger partial charge in [0, 0.05) is 18.3 Å². The standard InChI is InChI=1S/C13H15N5O2/c19-12(10-7-14-5-6-15-10)16-8-11-17-13(20-18-11)9-3-1-2-4-9/h5-7,9H,1-4,8H2,(H,16,19). The molecule has 7 heteroatoms. The molecule has 2 aromatic rings. The molecule has 7 nitrogen and oxygen atoms in total. The van der Waals surface area contributed by atoms with Crippen molar-refractivity contribution in [3.8, 4) is 0 Å². The van der Waals surface area contributed by atoms with E-state index in [1.54, 1.807) is 0 Å². The summed E-state index contributed by atoms with van der Waals surface area (Å²) in [4.78, 5) is 23.9. The maximum atomic E-state index is 11.8. The van der Waals surface area contributed by atoms with Gasteiger partial charge in [-0.25, -0.2) is 4.98 Å². The van der Waals surface area contributed by atoms with Gasteiger partial charge in [-0.05, 0) is 12.8 Å². The van der Waals surface area contributed by atoms with Crippen LogP contribution in [-0.4, -0.2) is 26.0 Å². The monoisotopic (exact) mass is 273 g/mol. The highest BCUT2D eigenvalue weighted by atomic mass is 16.5. The summed E-state index contributed by atoms with van der Waals surface area (Å²) in [5.41, 5.74) is 0.270. The second-order valence-electron chi connectivity index (χ2n) is 4.80. The van der Waals surface area contributed by atoms with Crippen molar-refractivity contribution in [2.75, 3.05) is 0 Å². The van der Waals surface area contributed by atoms with E-state index < -0.39 is 0 Å². The molecule has 1 N–H and O–H groups in total. The number of carbonyl (C=O) groups excluding carboxylic acids is 1. The SMILES string of the molecule is O=C(NCc1noc(C2CCCC2)n1)c1cnccn1. The van der Waals surface area contributed by atoms with E-state index >= 15 is 0 Å². The van der Waals surface area contributed by atoms with Crippen LogP contribution in [0.1, 0.15) is 53.8 Å². The van der Waals surface area contributed by atoms with Crippen molar-refractivity contribution in [3.05, 3.63) is 36.0 Å². The molecule has 2 aromatic heterocycles. The van der Waals surface area contributed by atoms with Gasteiger partial charge >= 0.3 is 0 Å². The molecule has 0 spiro atoms. The van der Waals surface area contributed by atoms with Crippen molar-refractivity contribution in [3.63, 3.8) is 0 Å². The quantitative estimate of drug-likeness (QED) is 0.906. The fraction of sp³-hybridized carbons (Fsp3) is 0.462. The Hall–Kier alpha value is -2.31. The number of amides is 1. The third-order valence-corrected chi connectivity index (χ3v) is 3.39. The fourth-order valence-corrected chi connectivity index (χ4v) is 2.34. The minimum Gasteiger partial charge on any atom is -0.343 e. The minimum absolute atomic E-state index is 0.228. The molecular weight excluding hydrogens is 258 g/mol. The Balaban J connectivity index is 1.57. The molecule has 1 amide bonds. The largest absolute Gasteiger partial charge is 0.343 e. The van der Waals surface area contributed by atoms with Crippen molar-refractivity contribution < 1.29 is 9.32 Å². The molecule has 2 heterocycles. The van der Waals surface area contributed by atoms with Crippen LogP contribution < -0.4 is 5.32 Å². The van der Waals surface area contributed by atoms with Gasteiger partial charge in [-0.1, -0.05) is 18.0 Å². The van der Waals surface area contributed by atoms with Crippen LogP contribution in [-0.2, 0) is 6.54 Å². The van der Waals surface area contributed by atoms with Crippen molar-refractivity contribution in [1.29, 1.82) is 0 Å². The molecule has 0 aliphatic heterocycles. The summed E-state index contributed by atoms with van der Waals surface area (Å²) in [5.74, 6) is 1.26. The van der Waals surface area contributed by atoms with Crippen molar-refractivity contribution in [2.24, 2.45) is 0 Å². The van der Waals surface area contributed by atoms with Crippen molar-refractivity contribution >= 4 is 5.91 Å². The predicted molar refractivity (Wildman–Crippen MR) is 68.7 cm³/mol. The second kappa shape index (κ2) is 5.77. The van der Waals surface area contributed by atoms with Crippen LogP contribution >= 0.6 is 0 Å². The molecule has 1 aliphatic carbocycles. The lowest BCUT2D eigenvalue weighted by molar-refractivity contribution is 0.0944. The molecule has 0 unspecified atom stereocenters. The number of hydrogen-bond donors (Lipinski definition) is 1. The van der Waals surface area contributed by atoms with Crippen LogP contribution in [0.2, 0.25) is 0 Å². The Morgan fingerprint density at radius 3 is 2.95 bits per heavy atom. The lowest BCUT2D eigenvalue weighted by Gasteiger charge is -2.01. The van der Waals surface area contributed by atoms with Gasteiger partial charge in [-0.2, -0.15) is 4.98 Å². The van der Waals surface area contributed by atoms with Crippen LogP contribution in [0.5, 0.6) is 0 Å². The lowest BCUT2D eigenvalue weighted by Crippen LogP contribution is -2.24. The highest BCUT2D eigenvalue weighted by molar-refractivity contribution is 5.91. The molecule has 1 saturated carbocycles. The molecule has 1 aliphatic rings. The molecule has 0 radical (unpaired) electrons. The average molecular weight is 273 g/mol. The van der Waals surface area contributed by atoms with Crippen LogP contribution in [0, 0.1) is 0 Å². The van der Waals surface area contributed by atoms with E-state index in [1.165, 1.54) is 31.4 Å². The van der Waals surface area contributed by atoms with E-state index in [-0.39, 0.29) is 18.1 Å². The summed E-state index contributed by atoms with van der Waals surface area (Å²) in [7, 11) is 0. The molecule has 1 fully saturated rings.